The molecule has 0 saturated carbocycles. The highest BCUT2D eigenvalue weighted by Crippen LogP contribution is 2.06. The smallest absolute Gasteiger partial charge is 0.274 e. The Labute approximate surface area is 57.9 Å². The molecular weight excluding hydrogens is 156 g/mol. The van der Waals surface area contributed by atoms with Crippen molar-refractivity contribution < 1.29 is 12.9 Å². The Balaban J connectivity index is 3.21. The second-order valence-electron chi connectivity index (χ2n) is 1.83. The number of aryl methyl sites for hydroxylation is 1. The standard InChI is InChI=1S/C4H6N2O3S/c1-3-2-4(9-6-3)10(5,7)8/h2H,1H3,(H2,5,7,8). The largest absolute Gasteiger partial charge is 0.343 e. The summed E-state index contributed by atoms with van der Waals surface area (Å²) < 4.78 is 25.3. The second kappa shape index (κ2) is 2.06. The van der Waals surface area contributed by atoms with Gasteiger partial charge in [0.2, 0.25) is 0 Å². The first kappa shape index (κ1) is 7.23. The van der Waals surface area contributed by atoms with Crippen LogP contribution >= 0.6 is 0 Å². The quantitative estimate of drug-likeness (QED) is 0.610. The number of nitrogens with two attached hydrogens (primary N) is 1. The van der Waals surface area contributed by atoms with Gasteiger partial charge in [-0.3, -0.25) is 0 Å². The molecule has 0 unspecified atom stereocenters. The Morgan fingerprint density at radius 2 is 2.30 bits per heavy atom. The Morgan fingerprint density at radius 1 is 1.70 bits per heavy atom. The van der Waals surface area contributed by atoms with Gasteiger partial charge in [0.25, 0.3) is 15.1 Å². The molecule has 0 saturated heterocycles. The summed E-state index contributed by atoms with van der Waals surface area (Å²) in [7, 11) is -3.71. The zero-order valence-electron chi connectivity index (χ0n) is 5.23. The molecule has 0 atom stereocenters. The Bertz CT molecular complexity index is 326. The van der Waals surface area contributed by atoms with Gasteiger partial charge in [0.15, 0.2) is 0 Å². The fourth-order valence-corrected chi connectivity index (χ4v) is 0.950. The summed E-state index contributed by atoms with van der Waals surface area (Å²) in [6, 6.07) is 1.26. The normalized spacial score (nSPS) is 11.8. The average Bonchev–Trinajstić information content (AvgIpc) is 2.11. The van der Waals surface area contributed by atoms with Crippen LogP contribution in [0.2, 0.25) is 0 Å². The maximum atomic E-state index is 10.5. The number of sulfonamides is 1. The number of hydrogen-bond acceptors (Lipinski definition) is 4. The van der Waals surface area contributed by atoms with Gasteiger partial charge in [-0.25, -0.2) is 13.6 Å². The molecular formula is C4H6N2O3S. The van der Waals surface area contributed by atoms with Crippen LogP contribution in [0.4, 0.5) is 0 Å². The second-order valence-corrected chi connectivity index (χ2v) is 3.32. The van der Waals surface area contributed by atoms with Gasteiger partial charge in [-0.05, 0) is 6.92 Å². The van der Waals surface area contributed by atoms with Gasteiger partial charge < -0.3 is 4.52 Å². The molecule has 0 bridgehead atoms. The molecule has 10 heavy (non-hydrogen) atoms. The summed E-state index contributed by atoms with van der Waals surface area (Å²) in [6.45, 7) is 1.61. The van der Waals surface area contributed by atoms with E-state index in [1.54, 1.807) is 6.92 Å². The fraction of sp³-hybridized carbons (Fsp3) is 0.250. The lowest BCUT2D eigenvalue weighted by atomic mass is 10.5. The van der Waals surface area contributed by atoms with E-state index in [9.17, 15) is 8.42 Å². The first-order valence-electron chi connectivity index (χ1n) is 2.46. The molecule has 0 aliphatic rings. The summed E-state index contributed by atoms with van der Waals surface area (Å²) in [4.78, 5) is 0. The van der Waals surface area contributed by atoms with E-state index in [-0.39, 0.29) is 5.09 Å². The minimum absolute atomic E-state index is 0.301. The van der Waals surface area contributed by atoms with Crippen LogP contribution in [0.25, 0.3) is 0 Å². The highest BCUT2D eigenvalue weighted by atomic mass is 32.2. The first-order chi connectivity index (χ1) is 4.50. The fourth-order valence-electron chi connectivity index (χ4n) is 0.474. The molecule has 1 rings (SSSR count). The van der Waals surface area contributed by atoms with Gasteiger partial charge in [0.05, 0.1) is 5.69 Å². The lowest BCUT2D eigenvalue weighted by molar-refractivity contribution is 0.336. The van der Waals surface area contributed by atoms with E-state index in [0.717, 1.165) is 0 Å². The van der Waals surface area contributed by atoms with Crippen LogP contribution in [0.3, 0.4) is 0 Å². The maximum Gasteiger partial charge on any atom is 0.274 e. The molecule has 0 aliphatic heterocycles. The average molecular weight is 162 g/mol. The molecule has 1 aromatic heterocycles. The number of primary sulfonamides is 1. The van der Waals surface area contributed by atoms with Crippen molar-refractivity contribution in [3.63, 3.8) is 0 Å². The summed E-state index contributed by atoms with van der Waals surface area (Å²) in [6.07, 6.45) is 0. The predicted octanol–water partition coefficient (Wildman–Crippen LogP) is -0.370. The van der Waals surface area contributed by atoms with Crippen molar-refractivity contribution in [3.05, 3.63) is 11.8 Å². The maximum absolute atomic E-state index is 10.5. The third-order valence-electron chi connectivity index (χ3n) is 0.887. The van der Waals surface area contributed by atoms with Gasteiger partial charge in [0, 0.05) is 6.07 Å². The monoisotopic (exact) mass is 162 g/mol. The summed E-state index contributed by atoms with van der Waals surface area (Å²) >= 11 is 0. The molecule has 0 amide bonds. The van der Waals surface area contributed by atoms with E-state index in [1.807, 2.05) is 0 Å². The predicted molar refractivity (Wildman–Crippen MR) is 32.6 cm³/mol. The van der Waals surface area contributed by atoms with Gasteiger partial charge in [-0.1, -0.05) is 5.16 Å². The van der Waals surface area contributed by atoms with Crippen molar-refractivity contribution in [2.45, 2.75) is 12.0 Å². The van der Waals surface area contributed by atoms with Crippen LogP contribution < -0.4 is 5.14 Å². The topological polar surface area (TPSA) is 86.2 Å². The van der Waals surface area contributed by atoms with Gasteiger partial charge in [-0.15, -0.1) is 0 Å². The van der Waals surface area contributed by atoms with Gasteiger partial charge in [-0.2, -0.15) is 0 Å². The van der Waals surface area contributed by atoms with Crippen molar-refractivity contribution in [3.8, 4) is 0 Å². The molecule has 5 nitrogen and oxygen atoms in total. The van der Waals surface area contributed by atoms with Gasteiger partial charge >= 0.3 is 0 Å². The first-order valence-corrected chi connectivity index (χ1v) is 4.01. The van der Waals surface area contributed by atoms with Crippen molar-refractivity contribution >= 4 is 10.0 Å². The van der Waals surface area contributed by atoms with E-state index < -0.39 is 10.0 Å². The van der Waals surface area contributed by atoms with Crippen LogP contribution in [-0.2, 0) is 10.0 Å². The van der Waals surface area contributed by atoms with E-state index in [4.69, 9.17) is 5.14 Å². The molecule has 0 radical (unpaired) electrons. The molecule has 0 fully saturated rings. The Morgan fingerprint density at radius 3 is 2.50 bits per heavy atom. The zero-order valence-corrected chi connectivity index (χ0v) is 6.05. The number of nitrogens with zero attached hydrogens (tertiary/aromatic N) is 1. The number of aromatic nitrogens is 1. The minimum atomic E-state index is -3.71. The minimum Gasteiger partial charge on any atom is -0.343 e. The molecule has 56 valence electrons. The third-order valence-corrected chi connectivity index (χ3v) is 1.64. The summed E-state index contributed by atoms with van der Waals surface area (Å²) in [5.41, 5.74) is 0.490. The SMILES string of the molecule is Cc1cc(S(N)(=O)=O)on1. The molecule has 0 spiro atoms. The van der Waals surface area contributed by atoms with Crippen molar-refractivity contribution in [2.75, 3.05) is 0 Å². The van der Waals surface area contributed by atoms with E-state index in [2.05, 4.69) is 9.68 Å². The van der Waals surface area contributed by atoms with Crippen LogP contribution in [0.1, 0.15) is 5.69 Å². The molecule has 0 aromatic carbocycles. The van der Waals surface area contributed by atoms with Gasteiger partial charge in [0.1, 0.15) is 0 Å². The lowest BCUT2D eigenvalue weighted by Crippen LogP contribution is -2.10. The Hall–Kier alpha value is -0.880. The third kappa shape index (κ3) is 1.34. The van der Waals surface area contributed by atoms with E-state index in [0.29, 0.717) is 5.69 Å². The number of hydrogen-bond donors (Lipinski definition) is 1. The highest BCUT2D eigenvalue weighted by molar-refractivity contribution is 7.89. The zero-order chi connectivity index (χ0) is 7.78. The van der Waals surface area contributed by atoms with Crippen LogP contribution in [0.15, 0.2) is 15.7 Å². The van der Waals surface area contributed by atoms with Crippen molar-refractivity contribution in [2.24, 2.45) is 5.14 Å². The summed E-state index contributed by atoms with van der Waals surface area (Å²) in [5, 5.41) is 7.76. The van der Waals surface area contributed by atoms with E-state index >= 15 is 0 Å². The molecule has 2 N–H and O–H groups in total. The molecule has 6 heteroatoms. The molecule has 1 heterocycles. The molecule has 1 aromatic rings. The van der Waals surface area contributed by atoms with Crippen LogP contribution in [0, 0.1) is 6.92 Å². The van der Waals surface area contributed by atoms with Crippen molar-refractivity contribution in [1.82, 2.24) is 5.16 Å². The van der Waals surface area contributed by atoms with Crippen LogP contribution in [-0.4, -0.2) is 13.6 Å². The Kier molecular flexibility index (Phi) is 1.49. The molecule has 0 aliphatic carbocycles. The lowest BCUT2D eigenvalue weighted by Gasteiger charge is -1.84. The van der Waals surface area contributed by atoms with Crippen molar-refractivity contribution in [1.29, 1.82) is 0 Å². The highest BCUT2D eigenvalue weighted by Gasteiger charge is 2.12. The van der Waals surface area contributed by atoms with Crippen LogP contribution in [0.5, 0.6) is 0 Å². The van der Waals surface area contributed by atoms with E-state index in [1.165, 1.54) is 6.07 Å². The summed E-state index contributed by atoms with van der Waals surface area (Å²) in [5.74, 6) is 0. The number of rotatable bonds is 1.